The summed E-state index contributed by atoms with van der Waals surface area (Å²) in [5.74, 6) is 0.354. The predicted molar refractivity (Wildman–Crippen MR) is 85.6 cm³/mol. The fourth-order valence-electron chi connectivity index (χ4n) is 2.12. The van der Waals surface area contributed by atoms with Crippen LogP contribution in [0.2, 0.25) is 0 Å². The minimum Gasteiger partial charge on any atom is -0.343 e. The topological polar surface area (TPSA) is 55.2 Å². The molecule has 0 atom stereocenters. The summed E-state index contributed by atoms with van der Waals surface area (Å²) in [6, 6.07) is 7.25. The Morgan fingerprint density at radius 2 is 1.95 bits per heavy atom. The van der Waals surface area contributed by atoms with E-state index in [0.29, 0.717) is 34.9 Å². The second-order valence-electron chi connectivity index (χ2n) is 4.63. The van der Waals surface area contributed by atoms with Gasteiger partial charge in [0.2, 0.25) is 5.91 Å². The lowest BCUT2D eigenvalue weighted by atomic mass is 10.2. The van der Waals surface area contributed by atoms with E-state index in [1.165, 1.54) is 16.3 Å². The third-order valence-corrected chi connectivity index (χ3v) is 4.40. The zero-order valence-electron chi connectivity index (χ0n) is 12.5. The summed E-state index contributed by atoms with van der Waals surface area (Å²) in [7, 11) is 1.69. The Morgan fingerprint density at radius 3 is 2.62 bits per heavy atom. The number of rotatable bonds is 5. The van der Waals surface area contributed by atoms with E-state index >= 15 is 0 Å². The van der Waals surface area contributed by atoms with Gasteiger partial charge < -0.3 is 4.90 Å². The average Bonchev–Trinajstić information content (AvgIpc) is 2.50. The number of carbonyl (C=O) groups excluding carboxylic acids is 1. The summed E-state index contributed by atoms with van der Waals surface area (Å²) >= 11 is 1.30. The molecule has 0 spiro atoms. The molecule has 112 valence electrons. The number of hydrogen-bond donors (Lipinski definition) is 0. The highest BCUT2D eigenvalue weighted by molar-refractivity contribution is 7.99. The van der Waals surface area contributed by atoms with Crippen LogP contribution in [0.3, 0.4) is 0 Å². The number of fused-ring (bicyclic) bond motifs is 1. The van der Waals surface area contributed by atoms with Crippen LogP contribution in [0.25, 0.3) is 10.9 Å². The number of aromatic nitrogens is 2. The van der Waals surface area contributed by atoms with Crippen molar-refractivity contribution >= 4 is 28.6 Å². The minimum absolute atomic E-state index is 0.0624. The van der Waals surface area contributed by atoms with Gasteiger partial charge in [0, 0.05) is 20.1 Å². The van der Waals surface area contributed by atoms with Crippen molar-refractivity contribution < 1.29 is 4.79 Å². The largest absolute Gasteiger partial charge is 0.343 e. The molecule has 21 heavy (non-hydrogen) atoms. The van der Waals surface area contributed by atoms with Crippen LogP contribution in [0.5, 0.6) is 0 Å². The van der Waals surface area contributed by atoms with Crippen LogP contribution in [0.1, 0.15) is 13.8 Å². The first kappa shape index (κ1) is 15.6. The van der Waals surface area contributed by atoms with Gasteiger partial charge in [0.1, 0.15) is 0 Å². The highest BCUT2D eigenvalue weighted by atomic mass is 32.2. The summed E-state index contributed by atoms with van der Waals surface area (Å²) in [4.78, 5) is 30.5. The van der Waals surface area contributed by atoms with E-state index in [-0.39, 0.29) is 11.5 Å². The van der Waals surface area contributed by atoms with Gasteiger partial charge in [-0.2, -0.15) is 0 Å². The fourth-order valence-corrected chi connectivity index (χ4v) is 3.00. The van der Waals surface area contributed by atoms with Gasteiger partial charge in [-0.05, 0) is 26.0 Å². The number of hydrogen-bond acceptors (Lipinski definition) is 4. The van der Waals surface area contributed by atoms with Gasteiger partial charge in [-0.3, -0.25) is 14.2 Å². The monoisotopic (exact) mass is 305 g/mol. The molecule has 0 aliphatic heterocycles. The predicted octanol–water partition coefficient (Wildman–Crippen LogP) is 1.89. The number of para-hydroxylation sites is 1. The molecule has 2 rings (SSSR count). The molecule has 1 aromatic heterocycles. The molecule has 0 unspecified atom stereocenters. The van der Waals surface area contributed by atoms with Gasteiger partial charge >= 0.3 is 0 Å². The summed E-state index contributed by atoms with van der Waals surface area (Å²) in [6.07, 6.45) is 0. The van der Waals surface area contributed by atoms with Crippen LogP contribution in [-0.4, -0.2) is 39.2 Å². The smallest absolute Gasteiger partial charge is 0.261 e. The van der Waals surface area contributed by atoms with Crippen molar-refractivity contribution in [2.75, 3.05) is 18.8 Å². The Hall–Kier alpha value is -1.82. The molecule has 1 heterocycles. The number of thioether (sulfide) groups is 1. The Morgan fingerprint density at radius 1 is 1.29 bits per heavy atom. The summed E-state index contributed by atoms with van der Waals surface area (Å²) in [5.41, 5.74) is 0.580. The average molecular weight is 305 g/mol. The lowest BCUT2D eigenvalue weighted by molar-refractivity contribution is -0.127. The number of amides is 1. The van der Waals surface area contributed by atoms with Crippen molar-refractivity contribution in [2.24, 2.45) is 7.05 Å². The highest BCUT2D eigenvalue weighted by Crippen LogP contribution is 2.17. The van der Waals surface area contributed by atoms with Gasteiger partial charge in [0.25, 0.3) is 5.56 Å². The first-order valence-corrected chi connectivity index (χ1v) is 7.93. The van der Waals surface area contributed by atoms with Crippen molar-refractivity contribution in [3.8, 4) is 0 Å². The molecule has 0 radical (unpaired) electrons. The molecule has 1 amide bonds. The molecule has 0 N–H and O–H groups in total. The summed E-state index contributed by atoms with van der Waals surface area (Å²) in [5, 5.41) is 1.17. The van der Waals surface area contributed by atoms with Gasteiger partial charge in [-0.25, -0.2) is 4.98 Å². The van der Waals surface area contributed by atoms with Crippen molar-refractivity contribution in [1.29, 1.82) is 0 Å². The van der Waals surface area contributed by atoms with Gasteiger partial charge in [0.15, 0.2) is 5.16 Å². The van der Waals surface area contributed by atoms with Crippen molar-refractivity contribution in [1.82, 2.24) is 14.5 Å². The molecule has 0 saturated heterocycles. The van der Waals surface area contributed by atoms with Gasteiger partial charge in [-0.1, -0.05) is 23.9 Å². The SMILES string of the molecule is CCN(CC)C(=O)CSc1nc2ccccc2c(=O)n1C. The maximum absolute atomic E-state index is 12.3. The second-order valence-corrected chi connectivity index (χ2v) is 5.57. The number of nitrogens with zero attached hydrogens (tertiary/aromatic N) is 3. The normalized spacial score (nSPS) is 10.8. The van der Waals surface area contributed by atoms with Gasteiger partial charge in [-0.15, -0.1) is 0 Å². The third kappa shape index (κ3) is 3.26. The first-order chi connectivity index (χ1) is 10.1. The summed E-state index contributed by atoms with van der Waals surface area (Å²) in [6.45, 7) is 5.30. The molecule has 0 bridgehead atoms. The van der Waals surface area contributed by atoms with E-state index in [4.69, 9.17) is 0 Å². The molecule has 1 aromatic carbocycles. The van der Waals surface area contributed by atoms with E-state index < -0.39 is 0 Å². The van der Waals surface area contributed by atoms with E-state index in [1.54, 1.807) is 18.0 Å². The second kappa shape index (κ2) is 6.76. The zero-order chi connectivity index (χ0) is 15.4. The molecule has 2 aromatic rings. The molecular formula is C15H19N3O2S. The Bertz CT molecular complexity index is 708. The molecule has 0 aliphatic carbocycles. The first-order valence-electron chi connectivity index (χ1n) is 6.94. The minimum atomic E-state index is -0.0848. The van der Waals surface area contributed by atoms with E-state index in [9.17, 15) is 9.59 Å². The maximum atomic E-state index is 12.3. The van der Waals surface area contributed by atoms with E-state index in [1.807, 2.05) is 32.0 Å². The standard InChI is InChI=1S/C15H19N3O2S/c1-4-18(5-2)13(19)10-21-15-16-12-9-7-6-8-11(12)14(20)17(15)3/h6-9H,4-5,10H2,1-3H3. The number of carbonyl (C=O) groups is 1. The number of benzene rings is 1. The van der Waals surface area contributed by atoms with Crippen LogP contribution < -0.4 is 5.56 Å². The lowest BCUT2D eigenvalue weighted by Crippen LogP contribution is -2.32. The molecular weight excluding hydrogens is 286 g/mol. The maximum Gasteiger partial charge on any atom is 0.261 e. The molecule has 5 nitrogen and oxygen atoms in total. The Labute approximate surface area is 128 Å². The van der Waals surface area contributed by atoms with Crippen molar-refractivity contribution in [3.63, 3.8) is 0 Å². The lowest BCUT2D eigenvalue weighted by Gasteiger charge is -2.18. The quantitative estimate of drug-likeness (QED) is 0.625. The molecule has 0 aliphatic rings. The fraction of sp³-hybridized carbons (Fsp3) is 0.400. The van der Waals surface area contributed by atoms with E-state index in [0.717, 1.165) is 0 Å². The van der Waals surface area contributed by atoms with Crippen LogP contribution in [0.15, 0.2) is 34.2 Å². The van der Waals surface area contributed by atoms with Crippen LogP contribution in [0, 0.1) is 0 Å². The van der Waals surface area contributed by atoms with Crippen molar-refractivity contribution in [3.05, 3.63) is 34.6 Å². The molecule has 0 saturated carbocycles. The van der Waals surface area contributed by atoms with Crippen LogP contribution >= 0.6 is 11.8 Å². The van der Waals surface area contributed by atoms with Crippen molar-refractivity contribution in [2.45, 2.75) is 19.0 Å². The van der Waals surface area contributed by atoms with E-state index in [2.05, 4.69) is 4.98 Å². The zero-order valence-corrected chi connectivity index (χ0v) is 13.3. The molecule has 0 fully saturated rings. The Kier molecular flexibility index (Phi) is 5.01. The van der Waals surface area contributed by atoms with Crippen LogP contribution in [-0.2, 0) is 11.8 Å². The Balaban J connectivity index is 2.25. The third-order valence-electron chi connectivity index (χ3n) is 3.38. The summed E-state index contributed by atoms with van der Waals surface area (Å²) < 4.78 is 1.50. The van der Waals surface area contributed by atoms with Crippen LogP contribution in [0.4, 0.5) is 0 Å². The highest BCUT2D eigenvalue weighted by Gasteiger charge is 2.13. The van der Waals surface area contributed by atoms with Gasteiger partial charge in [0.05, 0.1) is 16.7 Å². The molecule has 6 heteroatoms.